The molecule has 1 saturated heterocycles. The van der Waals surface area contributed by atoms with Gasteiger partial charge in [-0.1, -0.05) is 17.3 Å². The average Bonchev–Trinajstić information content (AvgIpc) is 3.35. The summed E-state index contributed by atoms with van der Waals surface area (Å²) in [6.07, 6.45) is 3.38. The number of hydrogen-bond donors (Lipinski definition) is 1. The van der Waals surface area contributed by atoms with Gasteiger partial charge in [0.2, 0.25) is 11.7 Å². The third-order valence-corrected chi connectivity index (χ3v) is 5.02. The van der Waals surface area contributed by atoms with Crippen molar-refractivity contribution in [1.82, 2.24) is 25.1 Å². The molecular formula is C19H19N7O2. The Kier molecular flexibility index (Phi) is 3.92. The molecule has 1 aliphatic rings. The first-order valence-electron chi connectivity index (χ1n) is 9.21. The van der Waals surface area contributed by atoms with E-state index in [1.807, 2.05) is 24.3 Å². The van der Waals surface area contributed by atoms with Crippen LogP contribution in [0.15, 0.2) is 39.4 Å². The minimum Gasteiger partial charge on any atom is -0.423 e. The number of para-hydroxylation sites is 2. The lowest BCUT2D eigenvalue weighted by atomic mass is 9.97. The molecule has 0 atom stereocenters. The van der Waals surface area contributed by atoms with Gasteiger partial charge in [-0.3, -0.25) is 0 Å². The standard InChI is InChI=1S/C19H19N7O2/c1-11-21-10-13(16(20)22-11)17-24-18(28-25-17)12-6-8-26(9-7-12)19-23-14-4-2-3-5-15(14)27-19/h2-5,10,12H,6-9H2,1H3,(H2,20,21,22). The van der Waals surface area contributed by atoms with E-state index in [0.29, 0.717) is 34.9 Å². The first kappa shape index (κ1) is 16.7. The van der Waals surface area contributed by atoms with Gasteiger partial charge in [-0.25, -0.2) is 9.97 Å². The zero-order valence-electron chi connectivity index (χ0n) is 15.4. The zero-order chi connectivity index (χ0) is 19.1. The number of aryl methyl sites for hydroxylation is 1. The highest BCUT2D eigenvalue weighted by Gasteiger charge is 2.28. The molecule has 0 amide bonds. The van der Waals surface area contributed by atoms with Gasteiger partial charge in [-0.15, -0.1) is 0 Å². The molecule has 2 N–H and O–H groups in total. The Bertz CT molecular complexity index is 1100. The van der Waals surface area contributed by atoms with E-state index in [0.717, 1.165) is 37.0 Å². The predicted molar refractivity (Wildman–Crippen MR) is 103 cm³/mol. The van der Waals surface area contributed by atoms with Crippen LogP contribution in [0.2, 0.25) is 0 Å². The lowest BCUT2D eigenvalue weighted by Crippen LogP contribution is -2.33. The molecule has 0 saturated carbocycles. The molecule has 1 fully saturated rings. The number of aromatic nitrogens is 5. The minimum absolute atomic E-state index is 0.189. The fourth-order valence-corrected chi connectivity index (χ4v) is 3.48. The minimum atomic E-state index is 0.189. The molecule has 1 aromatic carbocycles. The second kappa shape index (κ2) is 6.59. The molecule has 28 heavy (non-hydrogen) atoms. The van der Waals surface area contributed by atoms with Gasteiger partial charge in [0.05, 0.1) is 5.56 Å². The van der Waals surface area contributed by atoms with E-state index in [1.54, 1.807) is 13.1 Å². The number of nitrogen functional groups attached to an aromatic ring is 1. The molecule has 0 spiro atoms. The van der Waals surface area contributed by atoms with E-state index in [4.69, 9.17) is 14.7 Å². The summed E-state index contributed by atoms with van der Waals surface area (Å²) in [5, 5.41) is 4.07. The molecule has 0 unspecified atom stereocenters. The number of benzene rings is 1. The van der Waals surface area contributed by atoms with Crippen LogP contribution < -0.4 is 10.6 Å². The second-order valence-corrected chi connectivity index (χ2v) is 6.90. The summed E-state index contributed by atoms with van der Waals surface area (Å²) in [7, 11) is 0. The molecule has 9 heteroatoms. The van der Waals surface area contributed by atoms with Gasteiger partial charge < -0.3 is 19.6 Å². The Morgan fingerprint density at radius 2 is 1.93 bits per heavy atom. The number of rotatable bonds is 3. The van der Waals surface area contributed by atoms with Crippen LogP contribution in [0.5, 0.6) is 0 Å². The van der Waals surface area contributed by atoms with Crippen molar-refractivity contribution < 1.29 is 8.94 Å². The maximum absolute atomic E-state index is 5.96. The number of nitrogens with zero attached hydrogens (tertiary/aromatic N) is 6. The Morgan fingerprint density at radius 1 is 1.11 bits per heavy atom. The van der Waals surface area contributed by atoms with Crippen molar-refractivity contribution in [3.8, 4) is 11.4 Å². The third-order valence-electron chi connectivity index (χ3n) is 5.02. The van der Waals surface area contributed by atoms with Gasteiger partial charge in [0.1, 0.15) is 17.2 Å². The quantitative estimate of drug-likeness (QED) is 0.574. The molecule has 1 aliphatic heterocycles. The summed E-state index contributed by atoms with van der Waals surface area (Å²) in [5.41, 5.74) is 8.23. The molecular weight excluding hydrogens is 358 g/mol. The van der Waals surface area contributed by atoms with Gasteiger partial charge in [0.15, 0.2) is 5.58 Å². The van der Waals surface area contributed by atoms with Gasteiger partial charge >= 0.3 is 0 Å². The Balaban J connectivity index is 1.30. The highest BCUT2D eigenvalue weighted by molar-refractivity contribution is 5.74. The monoisotopic (exact) mass is 377 g/mol. The van der Waals surface area contributed by atoms with E-state index in [1.165, 1.54) is 0 Å². The third kappa shape index (κ3) is 2.94. The summed E-state index contributed by atoms with van der Waals surface area (Å²) in [5.74, 6) is 2.19. The second-order valence-electron chi connectivity index (χ2n) is 6.90. The maximum Gasteiger partial charge on any atom is 0.298 e. The van der Waals surface area contributed by atoms with Crippen molar-refractivity contribution in [1.29, 1.82) is 0 Å². The van der Waals surface area contributed by atoms with Gasteiger partial charge in [-0.05, 0) is 31.9 Å². The van der Waals surface area contributed by atoms with E-state index in [9.17, 15) is 0 Å². The summed E-state index contributed by atoms with van der Waals surface area (Å²) < 4.78 is 11.4. The van der Waals surface area contributed by atoms with Crippen LogP contribution in [0.3, 0.4) is 0 Å². The van der Waals surface area contributed by atoms with Crippen molar-refractivity contribution in [3.05, 3.63) is 42.2 Å². The molecule has 0 radical (unpaired) electrons. The Labute approximate surface area is 160 Å². The summed E-state index contributed by atoms with van der Waals surface area (Å²) in [6, 6.07) is 8.45. The van der Waals surface area contributed by atoms with Gasteiger partial charge in [-0.2, -0.15) is 9.97 Å². The fourth-order valence-electron chi connectivity index (χ4n) is 3.48. The molecule has 9 nitrogen and oxygen atoms in total. The van der Waals surface area contributed by atoms with Crippen molar-refractivity contribution in [2.75, 3.05) is 23.7 Å². The van der Waals surface area contributed by atoms with Crippen molar-refractivity contribution >= 4 is 22.9 Å². The highest BCUT2D eigenvalue weighted by Crippen LogP contribution is 2.32. The van der Waals surface area contributed by atoms with E-state index in [-0.39, 0.29) is 5.92 Å². The average molecular weight is 377 g/mol. The molecule has 142 valence electrons. The van der Waals surface area contributed by atoms with E-state index in [2.05, 4.69) is 30.0 Å². The normalized spacial score (nSPS) is 15.4. The smallest absolute Gasteiger partial charge is 0.298 e. The van der Waals surface area contributed by atoms with Crippen LogP contribution in [0.4, 0.5) is 11.8 Å². The molecule has 0 aliphatic carbocycles. The van der Waals surface area contributed by atoms with Crippen LogP contribution in [-0.2, 0) is 0 Å². The number of anilines is 2. The Morgan fingerprint density at radius 3 is 2.71 bits per heavy atom. The number of nitrogens with two attached hydrogens (primary N) is 1. The SMILES string of the molecule is Cc1ncc(-c2noc(C3CCN(c4nc5ccccc5o4)CC3)n2)c(N)n1. The first-order chi connectivity index (χ1) is 13.7. The van der Waals surface area contributed by atoms with Gasteiger partial charge in [0, 0.05) is 25.2 Å². The van der Waals surface area contributed by atoms with Crippen molar-refractivity contribution in [2.24, 2.45) is 0 Å². The fraction of sp³-hybridized carbons (Fsp3) is 0.316. The zero-order valence-corrected chi connectivity index (χ0v) is 15.4. The van der Waals surface area contributed by atoms with Crippen molar-refractivity contribution in [2.45, 2.75) is 25.7 Å². The summed E-state index contributed by atoms with van der Waals surface area (Å²) in [4.78, 5) is 19.6. The lowest BCUT2D eigenvalue weighted by molar-refractivity contribution is 0.326. The van der Waals surface area contributed by atoms with Crippen LogP contribution >= 0.6 is 0 Å². The number of piperidine rings is 1. The Hall–Kier alpha value is -3.49. The van der Waals surface area contributed by atoms with Crippen LogP contribution in [0.25, 0.3) is 22.5 Å². The van der Waals surface area contributed by atoms with Crippen LogP contribution in [-0.4, -0.2) is 38.2 Å². The lowest BCUT2D eigenvalue weighted by Gasteiger charge is -2.28. The van der Waals surface area contributed by atoms with E-state index >= 15 is 0 Å². The molecule has 3 aromatic heterocycles. The topological polar surface area (TPSA) is 120 Å². The largest absolute Gasteiger partial charge is 0.423 e. The molecule has 5 rings (SSSR count). The summed E-state index contributed by atoms with van der Waals surface area (Å²) >= 11 is 0. The number of hydrogen-bond acceptors (Lipinski definition) is 9. The number of oxazole rings is 1. The first-order valence-corrected chi connectivity index (χ1v) is 9.21. The molecule has 4 aromatic rings. The predicted octanol–water partition coefficient (Wildman–Crippen LogP) is 2.94. The highest BCUT2D eigenvalue weighted by atomic mass is 16.5. The van der Waals surface area contributed by atoms with Gasteiger partial charge in [0.25, 0.3) is 6.01 Å². The number of fused-ring (bicyclic) bond motifs is 1. The molecule has 4 heterocycles. The maximum atomic E-state index is 5.96. The summed E-state index contributed by atoms with van der Waals surface area (Å²) in [6.45, 7) is 3.41. The van der Waals surface area contributed by atoms with Crippen LogP contribution in [0, 0.1) is 6.92 Å². The molecule has 0 bridgehead atoms. The van der Waals surface area contributed by atoms with E-state index < -0.39 is 0 Å². The van der Waals surface area contributed by atoms with Crippen molar-refractivity contribution in [3.63, 3.8) is 0 Å². The van der Waals surface area contributed by atoms with Crippen LogP contribution in [0.1, 0.15) is 30.5 Å².